The molecule has 0 bridgehead atoms. The summed E-state index contributed by atoms with van der Waals surface area (Å²) in [7, 11) is 0. The fraction of sp³-hybridized carbons (Fsp3) is 0.636. The summed E-state index contributed by atoms with van der Waals surface area (Å²) in [6, 6.07) is 1.06. The standard InChI is InChI=1S/C11H15F3N4O/c1-6-2-3-18(7(6)5-19)9-4-8(15)16-10(17-9)11(12,13)14/h4,6-7,19H,2-3,5H2,1H3,(H2,15,16,17). The Morgan fingerprint density at radius 2 is 2.16 bits per heavy atom. The molecule has 19 heavy (non-hydrogen) atoms. The first-order valence-corrected chi connectivity index (χ1v) is 5.92. The Morgan fingerprint density at radius 1 is 1.47 bits per heavy atom. The smallest absolute Gasteiger partial charge is 0.394 e. The summed E-state index contributed by atoms with van der Waals surface area (Å²) in [6.45, 7) is 2.35. The number of hydrogen-bond acceptors (Lipinski definition) is 5. The average molecular weight is 276 g/mol. The van der Waals surface area contributed by atoms with Crippen molar-refractivity contribution in [1.82, 2.24) is 9.97 Å². The minimum atomic E-state index is -4.63. The number of rotatable bonds is 2. The molecule has 0 saturated carbocycles. The van der Waals surface area contributed by atoms with E-state index < -0.39 is 12.0 Å². The van der Waals surface area contributed by atoms with E-state index in [0.29, 0.717) is 6.54 Å². The molecule has 1 aromatic heterocycles. The predicted molar refractivity (Wildman–Crippen MR) is 63.4 cm³/mol. The van der Waals surface area contributed by atoms with Gasteiger partial charge in [-0.3, -0.25) is 0 Å². The number of aliphatic hydroxyl groups excluding tert-OH is 1. The normalized spacial score (nSPS) is 23.9. The molecule has 0 radical (unpaired) electrons. The Balaban J connectivity index is 2.37. The van der Waals surface area contributed by atoms with E-state index in [0.717, 1.165) is 6.42 Å². The largest absolute Gasteiger partial charge is 0.451 e. The van der Waals surface area contributed by atoms with Gasteiger partial charge in [-0.25, -0.2) is 9.97 Å². The molecular weight excluding hydrogens is 261 g/mol. The number of aliphatic hydroxyl groups is 1. The van der Waals surface area contributed by atoms with E-state index in [9.17, 15) is 18.3 Å². The second-order valence-electron chi connectivity index (χ2n) is 4.68. The summed E-state index contributed by atoms with van der Waals surface area (Å²) in [4.78, 5) is 8.37. The Morgan fingerprint density at radius 3 is 2.74 bits per heavy atom. The van der Waals surface area contributed by atoms with E-state index in [2.05, 4.69) is 9.97 Å². The summed E-state index contributed by atoms with van der Waals surface area (Å²) in [6.07, 6.45) is -3.85. The van der Waals surface area contributed by atoms with Crippen molar-refractivity contribution >= 4 is 11.6 Å². The highest BCUT2D eigenvalue weighted by molar-refractivity contribution is 5.49. The van der Waals surface area contributed by atoms with Crippen LogP contribution in [0, 0.1) is 5.92 Å². The number of hydrogen-bond donors (Lipinski definition) is 2. The van der Waals surface area contributed by atoms with Gasteiger partial charge in [-0.05, 0) is 12.3 Å². The first-order valence-electron chi connectivity index (χ1n) is 5.92. The molecule has 8 heteroatoms. The molecular formula is C11H15F3N4O. The maximum absolute atomic E-state index is 12.6. The van der Waals surface area contributed by atoms with Crippen LogP contribution >= 0.6 is 0 Å². The summed E-state index contributed by atoms with van der Waals surface area (Å²) in [5.41, 5.74) is 5.40. The SMILES string of the molecule is CC1CCN(c2cc(N)nc(C(F)(F)F)n2)C1CO. The highest BCUT2D eigenvalue weighted by Crippen LogP contribution is 2.32. The van der Waals surface area contributed by atoms with Crippen LogP contribution in [0.15, 0.2) is 6.07 Å². The molecule has 1 aliphatic rings. The Labute approximate surface area is 108 Å². The third-order valence-corrected chi connectivity index (χ3v) is 3.35. The average Bonchev–Trinajstić information content (AvgIpc) is 2.68. The lowest BCUT2D eigenvalue weighted by atomic mass is 10.0. The molecule has 0 aromatic carbocycles. The van der Waals surface area contributed by atoms with Crippen molar-refractivity contribution in [2.24, 2.45) is 5.92 Å². The van der Waals surface area contributed by atoms with Crippen LogP contribution < -0.4 is 10.6 Å². The molecule has 5 nitrogen and oxygen atoms in total. The maximum atomic E-state index is 12.6. The third-order valence-electron chi connectivity index (χ3n) is 3.35. The van der Waals surface area contributed by atoms with Gasteiger partial charge in [0.15, 0.2) is 0 Å². The van der Waals surface area contributed by atoms with Gasteiger partial charge in [0.2, 0.25) is 5.82 Å². The van der Waals surface area contributed by atoms with Crippen molar-refractivity contribution in [1.29, 1.82) is 0 Å². The highest BCUT2D eigenvalue weighted by Gasteiger charge is 2.37. The van der Waals surface area contributed by atoms with Gasteiger partial charge in [-0.1, -0.05) is 6.92 Å². The van der Waals surface area contributed by atoms with Crippen molar-refractivity contribution in [3.63, 3.8) is 0 Å². The fourth-order valence-corrected chi connectivity index (χ4v) is 2.30. The van der Waals surface area contributed by atoms with Crippen molar-refractivity contribution in [2.75, 3.05) is 23.8 Å². The molecule has 1 aliphatic heterocycles. The molecule has 0 amide bonds. The summed E-state index contributed by atoms with van der Waals surface area (Å²) < 4.78 is 37.9. The number of aromatic nitrogens is 2. The van der Waals surface area contributed by atoms with Crippen LogP contribution in [-0.4, -0.2) is 34.3 Å². The second-order valence-corrected chi connectivity index (χ2v) is 4.68. The molecule has 2 heterocycles. The summed E-state index contributed by atoms with van der Waals surface area (Å²) in [5, 5.41) is 9.33. The molecule has 2 rings (SSSR count). The minimum absolute atomic E-state index is 0.114. The maximum Gasteiger partial charge on any atom is 0.451 e. The highest BCUT2D eigenvalue weighted by atomic mass is 19.4. The zero-order valence-electron chi connectivity index (χ0n) is 10.4. The molecule has 2 unspecified atom stereocenters. The molecule has 1 fully saturated rings. The van der Waals surface area contributed by atoms with Crippen LogP contribution in [0.2, 0.25) is 0 Å². The van der Waals surface area contributed by atoms with Crippen LogP contribution in [0.5, 0.6) is 0 Å². The van der Waals surface area contributed by atoms with Crippen molar-refractivity contribution in [3.05, 3.63) is 11.9 Å². The fourth-order valence-electron chi connectivity index (χ4n) is 2.30. The lowest BCUT2D eigenvalue weighted by Crippen LogP contribution is -2.36. The van der Waals surface area contributed by atoms with E-state index in [-0.39, 0.29) is 30.2 Å². The van der Waals surface area contributed by atoms with Gasteiger partial charge in [-0.2, -0.15) is 13.2 Å². The van der Waals surface area contributed by atoms with Gasteiger partial charge in [0.05, 0.1) is 12.6 Å². The van der Waals surface area contributed by atoms with E-state index in [1.807, 2.05) is 6.92 Å². The monoisotopic (exact) mass is 276 g/mol. The van der Waals surface area contributed by atoms with Gasteiger partial charge in [-0.15, -0.1) is 0 Å². The number of nitrogen functional groups attached to an aromatic ring is 1. The molecule has 106 valence electrons. The molecule has 2 atom stereocenters. The van der Waals surface area contributed by atoms with Crippen LogP contribution in [0.25, 0.3) is 0 Å². The van der Waals surface area contributed by atoms with Crippen LogP contribution in [0.3, 0.4) is 0 Å². The van der Waals surface area contributed by atoms with Crippen LogP contribution in [0.4, 0.5) is 24.8 Å². The van der Waals surface area contributed by atoms with Crippen molar-refractivity contribution in [2.45, 2.75) is 25.6 Å². The molecule has 3 N–H and O–H groups in total. The second kappa shape index (κ2) is 4.84. The van der Waals surface area contributed by atoms with Crippen LogP contribution in [0.1, 0.15) is 19.2 Å². The minimum Gasteiger partial charge on any atom is -0.394 e. The molecule has 1 saturated heterocycles. The zero-order chi connectivity index (χ0) is 14.2. The Kier molecular flexibility index (Phi) is 3.53. The number of nitrogens with zero attached hydrogens (tertiary/aromatic N) is 3. The van der Waals surface area contributed by atoms with Gasteiger partial charge in [0.25, 0.3) is 0 Å². The predicted octanol–water partition coefficient (Wildman–Crippen LogP) is 1.28. The number of alkyl halides is 3. The summed E-state index contributed by atoms with van der Waals surface area (Å²) >= 11 is 0. The van der Waals surface area contributed by atoms with E-state index >= 15 is 0 Å². The van der Waals surface area contributed by atoms with Crippen molar-refractivity contribution < 1.29 is 18.3 Å². The lowest BCUT2D eigenvalue weighted by Gasteiger charge is -2.26. The van der Waals surface area contributed by atoms with E-state index in [1.54, 1.807) is 4.90 Å². The Bertz CT molecular complexity index is 466. The molecule has 0 spiro atoms. The Hall–Kier alpha value is -1.57. The van der Waals surface area contributed by atoms with Crippen molar-refractivity contribution in [3.8, 4) is 0 Å². The summed E-state index contributed by atoms with van der Waals surface area (Å²) in [5.74, 6) is -1.17. The topological polar surface area (TPSA) is 75.3 Å². The quantitative estimate of drug-likeness (QED) is 0.851. The third kappa shape index (κ3) is 2.73. The first-order chi connectivity index (χ1) is 8.82. The molecule has 0 aliphatic carbocycles. The van der Waals surface area contributed by atoms with E-state index in [1.165, 1.54) is 6.07 Å². The lowest BCUT2D eigenvalue weighted by molar-refractivity contribution is -0.144. The molecule has 1 aromatic rings. The van der Waals surface area contributed by atoms with Gasteiger partial charge < -0.3 is 15.7 Å². The first kappa shape index (κ1) is 13.9. The van der Waals surface area contributed by atoms with Gasteiger partial charge in [0.1, 0.15) is 11.6 Å². The van der Waals surface area contributed by atoms with Gasteiger partial charge >= 0.3 is 6.18 Å². The van der Waals surface area contributed by atoms with E-state index in [4.69, 9.17) is 5.73 Å². The van der Waals surface area contributed by atoms with Gasteiger partial charge in [0, 0.05) is 12.6 Å². The zero-order valence-corrected chi connectivity index (χ0v) is 10.4. The number of nitrogens with two attached hydrogens (primary N) is 1. The number of halogens is 3. The van der Waals surface area contributed by atoms with Crippen LogP contribution in [-0.2, 0) is 6.18 Å². The number of anilines is 2.